The second kappa shape index (κ2) is 9.28. The van der Waals surface area contributed by atoms with Crippen molar-refractivity contribution in [2.75, 3.05) is 23.9 Å². The van der Waals surface area contributed by atoms with Crippen molar-refractivity contribution in [2.24, 2.45) is 0 Å². The minimum Gasteiger partial charge on any atom is -0.497 e. The topological polar surface area (TPSA) is 91.7 Å². The van der Waals surface area contributed by atoms with Crippen molar-refractivity contribution in [2.45, 2.75) is 6.92 Å². The molecule has 7 heteroatoms. The number of amides is 2. The van der Waals surface area contributed by atoms with E-state index in [4.69, 9.17) is 14.7 Å². The Hall–Kier alpha value is -4.57. The van der Waals surface area contributed by atoms with Gasteiger partial charge in [0.1, 0.15) is 17.2 Å². The number of benzene rings is 3. The van der Waals surface area contributed by atoms with Gasteiger partial charge >= 0.3 is 0 Å². The van der Waals surface area contributed by atoms with Gasteiger partial charge < -0.3 is 14.8 Å². The standard InChI is InChI=1S/C26H21N3O4/c1-3-33-22-6-4-5-19(15-22)28-24-23(18-9-13-21(32-2)14-10-18)25(30)29(26(24)31)20-11-7-17(16-27)8-12-20/h4-15,28H,3H2,1-2H3. The Balaban J connectivity index is 1.78. The molecule has 7 nitrogen and oxygen atoms in total. The summed E-state index contributed by atoms with van der Waals surface area (Å²) in [6.07, 6.45) is 0. The van der Waals surface area contributed by atoms with Gasteiger partial charge in [-0.1, -0.05) is 18.2 Å². The molecule has 0 radical (unpaired) electrons. The zero-order valence-corrected chi connectivity index (χ0v) is 18.2. The van der Waals surface area contributed by atoms with E-state index >= 15 is 0 Å². The Morgan fingerprint density at radius 3 is 2.30 bits per heavy atom. The van der Waals surface area contributed by atoms with E-state index in [9.17, 15) is 9.59 Å². The first-order valence-electron chi connectivity index (χ1n) is 10.3. The second-order valence-corrected chi connectivity index (χ2v) is 7.17. The Labute approximate surface area is 191 Å². The largest absolute Gasteiger partial charge is 0.497 e. The maximum absolute atomic E-state index is 13.5. The highest BCUT2D eigenvalue weighted by molar-refractivity contribution is 6.46. The summed E-state index contributed by atoms with van der Waals surface area (Å²) in [6, 6.07) is 22.5. The van der Waals surface area contributed by atoms with E-state index in [-0.39, 0.29) is 11.3 Å². The summed E-state index contributed by atoms with van der Waals surface area (Å²) < 4.78 is 10.8. The lowest BCUT2D eigenvalue weighted by Gasteiger charge is -2.15. The summed E-state index contributed by atoms with van der Waals surface area (Å²) in [6.45, 7) is 2.40. The third-order valence-corrected chi connectivity index (χ3v) is 5.13. The normalized spacial score (nSPS) is 13.2. The number of nitrogens with zero attached hydrogens (tertiary/aromatic N) is 2. The number of methoxy groups -OCH3 is 1. The fourth-order valence-corrected chi connectivity index (χ4v) is 3.57. The Morgan fingerprint density at radius 1 is 0.939 bits per heavy atom. The van der Waals surface area contributed by atoms with Gasteiger partial charge in [0.05, 0.1) is 36.6 Å². The number of anilines is 2. The molecule has 1 aliphatic rings. The van der Waals surface area contributed by atoms with Gasteiger partial charge in [0, 0.05) is 11.8 Å². The van der Waals surface area contributed by atoms with Crippen LogP contribution in [0.1, 0.15) is 18.1 Å². The summed E-state index contributed by atoms with van der Waals surface area (Å²) in [7, 11) is 1.56. The van der Waals surface area contributed by atoms with Gasteiger partial charge in [-0.15, -0.1) is 0 Å². The first-order chi connectivity index (χ1) is 16.0. The molecule has 0 bridgehead atoms. The lowest BCUT2D eigenvalue weighted by Crippen LogP contribution is -2.32. The Morgan fingerprint density at radius 2 is 1.67 bits per heavy atom. The third kappa shape index (κ3) is 4.27. The molecule has 1 aliphatic heterocycles. The molecule has 0 aliphatic carbocycles. The van der Waals surface area contributed by atoms with Crippen LogP contribution in [0.5, 0.6) is 11.5 Å². The number of hydrogen-bond acceptors (Lipinski definition) is 6. The Kier molecular flexibility index (Phi) is 6.09. The minimum absolute atomic E-state index is 0.156. The number of rotatable bonds is 7. The SMILES string of the molecule is CCOc1cccc(NC2=C(c3ccc(OC)cc3)C(=O)N(c3ccc(C#N)cc3)C2=O)c1. The van der Waals surface area contributed by atoms with E-state index in [1.807, 2.05) is 19.1 Å². The molecule has 3 aromatic carbocycles. The van der Waals surface area contributed by atoms with Crippen molar-refractivity contribution in [3.63, 3.8) is 0 Å². The van der Waals surface area contributed by atoms with Crippen LogP contribution in [0, 0.1) is 11.3 Å². The number of nitrogens with one attached hydrogen (secondary N) is 1. The lowest BCUT2D eigenvalue weighted by molar-refractivity contribution is -0.120. The summed E-state index contributed by atoms with van der Waals surface area (Å²) >= 11 is 0. The van der Waals surface area contributed by atoms with E-state index in [2.05, 4.69) is 5.32 Å². The smallest absolute Gasteiger partial charge is 0.282 e. The predicted molar refractivity (Wildman–Crippen MR) is 125 cm³/mol. The minimum atomic E-state index is -0.489. The second-order valence-electron chi connectivity index (χ2n) is 7.17. The average molecular weight is 439 g/mol. The van der Waals surface area contributed by atoms with Crippen molar-refractivity contribution in [3.05, 3.63) is 89.6 Å². The number of imide groups is 1. The van der Waals surface area contributed by atoms with Crippen LogP contribution in [0.4, 0.5) is 11.4 Å². The molecule has 0 spiro atoms. The van der Waals surface area contributed by atoms with Crippen LogP contribution in [-0.4, -0.2) is 25.5 Å². The number of hydrogen-bond donors (Lipinski definition) is 1. The van der Waals surface area contributed by atoms with Gasteiger partial charge in [-0.25, -0.2) is 4.90 Å². The first-order valence-corrected chi connectivity index (χ1v) is 10.3. The van der Waals surface area contributed by atoms with Crippen molar-refractivity contribution < 1.29 is 19.1 Å². The number of ether oxygens (including phenoxy) is 2. The molecule has 0 saturated heterocycles. The molecule has 33 heavy (non-hydrogen) atoms. The molecule has 0 unspecified atom stereocenters. The van der Waals surface area contributed by atoms with E-state index in [1.165, 1.54) is 0 Å². The molecule has 3 aromatic rings. The summed E-state index contributed by atoms with van der Waals surface area (Å²) in [4.78, 5) is 28.0. The molecule has 164 valence electrons. The maximum atomic E-state index is 13.5. The molecular formula is C26H21N3O4. The van der Waals surface area contributed by atoms with E-state index in [0.717, 1.165) is 4.90 Å². The van der Waals surface area contributed by atoms with Crippen LogP contribution in [0.25, 0.3) is 5.57 Å². The van der Waals surface area contributed by atoms with Gasteiger partial charge in [0.25, 0.3) is 11.8 Å². The van der Waals surface area contributed by atoms with Crippen LogP contribution in [0.2, 0.25) is 0 Å². The highest BCUT2D eigenvalue weighted by Gasteiger charge is 2.40. The van der Waals surface area contributed by atoms with E-state index < -0.39 is 11.8 Å². The van der Waals surface area contributed by atoms with Gasteiger partial charge in [-0.2, -0.15) is 5.26 Å². The van der Waals surface area contributed by atoms with Crippen LogP contribution >= 0.6 is 0 Å². The van der Waals surface area contributed by atoms with Crippen molar-refractivity contribution in [1.29, 1.82) is 5.26 Å². The molecule has 0 fully saturated rings. The maximum Gasteiger partial charge on any atom is 0.282 e. The average Bonchev–Trinajstić information content (AvgIpc) is 3.08. The monoisotopic (exact) mass is 439 g/mol. The van der Waals surface area contributed by atoms with Crippen molar-refractivity contribution in [1.82, 2.24) is 0 Å². The molecule has 1 N–H and O–H groups in total. The summed E-state index contributed by atoms with van der Waals surface area (Å²) in [5.74, 6) is 0.337. The van der Waals surface area contributed by atoms with Gasteiger partial charge in [0.2, 0.25) is 0 Å². The van der Waals surface area contributed by atoms with Crippen LogP contribution < -0.4 is 19.7 Å². The van der Waals surface area contributed by atoms with Crippen molar-refractivity contribution in [3.8, 4) is 17.6 Å². The highest BCUT2D eigenvalue weighted by Crippen LogP contribution is 2.34. The van der Waals surface area contributed by atoms with Gasteiger partial charge in [0.15, 0.2) is 0 Å². The molecule has 0 aromatic heterocycles. The van der Waals surface area contributed by atoms with Gasteiger partial charge in [-0.05, 0) is 61.0 Å². The van der Waals surface area contributed by atoms with Crippen LogP contribution in [-0.2, 0) is 9.59 Å². The quantitative estimate of drug-likeness (QED) is 0.550. The number of nitriles is 1. The third-order valence-electron chi connectivity index (χ3n) is 5.13. The molecule has 0 atom stereocenters. The van der Waals surface area contributed by atoms with E-state index in [1.54, 1.807) is 73.8 Å². The molecular weight excluding hydrogens is 418 g/mol. The molecule has 1 heterocycles. The fourth-order valence-electron chi connectivity index (χ4n) is 3.57. The summed E-state index contributed by atoms with van der Waals surface area (Å²) in [5.41, 5.74) is 2.41. The predicted octanol–water partition coefficient (Wildman–Crippen LogP) is 4.36. The van der Waals surface area contributed by atoms with Crippen molar-refractivity contribution >= 4 is 28.8 Å². The molecule has 2 amide bonds. The zero-order valence-electron chi connectivity index (χ0n) is 18.2. The van der Waals surface area contributed by atoms with Crippen LogP contribution in [0.15, 0.2) is 78.5 Å². The zero-order chi connectivity index (χ0) is 23.4. The summed E-state index contributed by atoms with van der Waals surface area (Å²) in [5, 5.41) is 12.2. The lowest BCUT2D eigenvalue weighted by atomic mass is 10.0. The van der Waals surface area contributed by atoms with Gasteiger partial charge in [-0.3, -0.25) is 9.59 Å². The van der Waals surface area contributed by atoms with E-state index in [0.29, 0.717) is 40.6 Å². The van der Waals surface area contributed by atoms with Crippen LogP contribution in [0.3, 0.4) is 0 Å². The fraction of sp³-hybridized carbons (Fsp3) is 0.115. The highest BCUT2D eigenvalue weighted by atomic mass is 16.5. The Bertz CT molecular complexity index is 1270. The first kappa shape index (κ1) is 21.7. The molecule has 4 rings (SSSR count). The molecule has 0 saturated carbocycles. The number of carbonyl (C=O) groups is 2. The number of carbonyl (C=O) groups excluding carboxylic acids is 2.